The van der Waals surface area contributed by atoms with E-state index in [2.05, 4.69) is 21.2 Å². The summed E-state index contributed by atoms with van der Waals surface area (Å²) < 4.78 is 2.29. The summed E-state index contributed by atoms with van der Waals surface area (Å²) in [5, 5.41) is 5.09. The van der Waals surface area contributed by atoms with E-state index >= 15 is 0 Å². The predicted octanol–water partition coefficient (Wildman–Crippen LogP) is 6.91. The van der Waals surface area contributed by atoms with Gasteiger partial charge in [0.1, 0.15) is 11.8 Å². The molecular formula is C32H21BrClN3O4S2. The van der Waals surface area contributed by atoms with Crippen LogP contribution in [0.4, 0.5) is 11.4 Å². The molecule has 3 heterocycles. The fourth-order valence-corrected chi connectivity index (χ4v) is 8.96. The molecule has 0 spiro atoms. The first-order chi connectivity index (χ1) is 20.8. The molecule has 2 aliphatic rings. The molecule has 1 saturated heterocycles. The molecule has 3 unspecified atom stereocenters. The van der Waals surface area contributed by atoms with Crippen LogP contribution >= 0.6 is 50.6 Å². The van der Waals surface area contributed by atoms with E-state index in [0.29, 0.717) is 26.3 Å². The maximum atomic E-state index is 14.0. The van der Waals surface area contributed by atoms with Gasteiger partial charge in [-0.3, -0.25) is 23.7 Å². The van der Waals surface area contributed by atoms with Crippen LogP contribution < -0.4 is 15.1 Å². The molecule has 7 rings (SSSR count). The van der Waals surface area contributed by atoms with E-state index in [-0.39, 0.29) is 29.1 Å². The highest BCUT2D eigenvalue weighted by atomic mass is 79.9. The third-order valence-corrected chi connectivity index (χ3v) is 11.1. The SMILES string of the molecule is O=C(Cn1c2c(sc1=O)C(c1ccc(Br)cc1)C1C(=O)N(c3ccc(Cl)cc3)C(=O)C1S2)Nc1cccc2ccccc12. The number of fused-ring (bicyclic) bond motifs is 3. The van der Waals surface area contributed by atoms with Gasteiger partial charge in [-0.2, -0.15) is 0 Å². The topological polar surface area (TPSA) is 88.5 Å². The van der Waals surface area contributed by atoms with Crippen LogP contribution in [0.15, 0.2) is 105 Å². The van der Waals surface area contributed by atoms with Crippen LogP contribution in [0.25, 0.3) is 10.8 Å². The summed E-state index contributed by atoms with van der Waals surface area (Å²) in [6.07, 6.45) is 0. The zero-order valence-corrected chi connectivity index (χ0v) is 26.2. The minimum absolute atomic E-state index is 0.228. The summed E-state index contributed by atoms with van der Waals surface area (Å²) in [6, 6.07) is 27.5. The standard InChI is InChI=1S/C32H21BrClN3O4S2/c33-19-10-8-18(9-11-19)25-26-27(30(40)37(29(26)39)21-14-12-20(34)13-15-21)42-31-28(25)43-32(41)36(31)16-24(38)35-23-7-3-5-17-4-1-2-6-22(17)23/h1-15,25-27H,16H2,(H,35,38). The fourth-order valence-electron chi connectivity index (χ4n) is 5.80. The van der Waals surface area contributed by atoms with Crippen LogP contribution in [0.2, 0.25) is 5.02 Å². The number of nitrogens with one attached hydrogen (secondary N) is 1. The number of thiazole rings is 1. The largest absolute Gasteiger partial charge is 0.324 e. The molecule has 0 radical (unpaired) electrons. The number of hydrogen-bond acceptors (Lipinski definition) is 6. The number of imide groups is 1. The second-order valence-electron chi connectivity index (χ2n) is 10.3. The van der Waals surface area contributed by atoms with Crippen molar-refractivity contribution in [2.24, 2.45) is 5.92 Å². The van der Waals surface area contributed by atoms with Crippen molar-refractivity contribution in [2.75, 3.05) is 10.2 Å². The Balaban J connectivity index is 1.28. The summed E-state index contributed by atoms with van der Waals surface area (Å²) in [4.78, 5) is 56.2. The van der Waals surface area contributed by atoms with Gasteiger partial charge in [-0.25, -0.2) is 4.90 Å². The molecule has 0 aliphatic carbocycles. The minimum Gasteiger partial charge on any atom is -0.324 e. The van der Waals surface area contributed by atoms with Crippen molar-refractivity contribution in [1.82, 2.24) is 4.57 Å². The van der Waals surface area contributed by atoms with Crippen molar-refractivity contribution in [1.29, 1.82) is 0 Å². The van der Waals surface area contributed by atoms with Crippen molar-refractivity contribution in [3.63, 3.8) is 0 Å². The highest BCUT2D eigenvalue weighted by molar-refractivity contribution is 9.10. The minimum atomic E-state index is -0.772. The molecule has 4 aromatic carbocycles. The summed E-state index contributed by atoms with van der Waals surface area (Å²) in [5.74, 6) is -2.32. The summed E-state index contributed by atoms with van der Waals surface area (Å²) in [7, 11) is 0. The number of carbonyl (C=O) groups is 3. The van der Waals surface area contributed by atoms with Gasteiger partial charge in [0.25, 0.3) is 0 Å². The molecule has 11 heteroatoms. The summed E-state index contributed by atoms with van der Waals surface area (Å²) in [5.41, 5.74) is 1.91. The van der Waals surface area contributed by atoms with Crippen LogP contribution in [0.5, 0.6) is 0 Å². The van der Waals surface area contributed by atoms with Crippen molar-refractivity contribution < 1.29 is 14.4 Å². The van der Waals surface area contributed by atoms with Crippen LogP contribution in [0.1, 0.15) is 16.4 Å². The van der Waals surface area contributed by atoms with Crippen molar-refractivity contribution >= 4 is 90.5 Å². The Kier molecular flexibility index (Phi) is 7.25. The number of halogens is 2. The Hall–Kier alpha value is -3.70. The lowest BCUT2D eigenvalue weighted by Gasteiger charge is -2.30. The van der Waals surface area contributed by atoms with E-state index in [0.717, 1.165) is 32.1 Å². The van der Waals surface area contributed by atoms with E-state index in [1.165, 1.54) is 21.2 Å². The number of rotatable bonds is 5. The normalized spacial score (nSPS) is 19.4. The Morgan fingerprint density at radius 2 is 1.60 bits per heavy atom. The molecule has 1 aromatic heterocycles. The average Bonchev–Trinajstić information content (AvgIpc) is 3.44. The molecule has 2 aliphatic heterocycles. The molecule has 3 amide bonds. The number of thioether (sulfide) groups is 1. The second-order valence-corrected chi connectivity index (χ2v) is 13.8. The second kappa shape index (κ2) is 11.1. The lowest BCUT2D eigenvalue weighted by Crippen LogP contribution is -2.33. The zero-order chi connectivity index (χ0) is 29.8. The van der Waals surface area contributed by atoms with Crippen LogP contribution in [-0.4, -0.2) is 27.5 Å². The third-order valence-electron chi connectivity index (χ3n) is 7.73. The zero-order valence-electron chi connectivity index (χ0n) is 22.2. The quantitative estimate of drug-likeness (QED) is 0.203. The Bertz CT molecular complexity index is 1990. The Labute approximate surface area is 267 Å². The first-order valence-corrected chi connectivity index (χ1v) is 16.2. The molecule has 1 fully saturated rings. The number of hydrogen-bond donors (Lipinski definition) is 1. The van der Waals surface area contributed by atoms with Gasteiger partial charge in [-0.05, 0) is 53.4 Å². The maximum absolute atomic E-state index is 14.0. The lowest BCUT2D eigenvalue weighted by atomic mass is 9.83. The van der Waals surface area contributed by atoms with Gasteiger partial charge in [0.05, 0.1) is 16.6 Å². The van der Waals surface area contributed by atoms with E-state index in [1.54, 1.807) is 24.3 Å². The number of carbonyl (C=O) groups excluding carboxylic acids is 3. The third kappa shape index (κ3) is 4.92. The molecule has 3 atom stereocenters. The average molecular weight is 691 g/mol. The molecule has 43 heavy (non-hydrogen) atoms. The highest BCUT2D eigenvalue weighted by Gasteiger charge is 2.56. The summed E-state index contributed by atoms with van der Waals surface area (Å²) in [6.45, 7) is -0.228. The number of anilines is 2. The number of benzene rings is 4. The van der Waals surface area contributed by atoms with E-state index in [9.17, 15) is 19.2 Å². The van der Waals surface area contributed by atoms with Crippen LogP contribution in [0.3, 0.4) is 0 Å². The van der Waals surface area contributed by atoms with Gasteiger partial charge in [-0.15, -0.1) is 0 Å². The Morgan fingerprint density at radius 1 is 0.884 bits per heavy atom. The predicted molar refractivity (Wildman–Crippen MR) is 174 cm³/mol. The number of nitrogens with zero attached hydrogens (tertiary/aromatic N) is 2. The number of aromatic nitrogens is 1. The highest BCUT2D eigenvalue weighted by Crippen LogP contribution is 2.54. The number of amides is 3. The van der Waals surface area contributed by atoms with Crippen LogP contribution in [0, 0.1) is 5.92 Å². The van der Waals surface area contributed by atoms with E-state index in [4.69, 9.17) is 11.6 Å². The molecule has 7 nitrogen and oxygen atoms in total. The lowest BCUT2D eigenvalue weighted by molar-refractivity contribution is -0.122. The van der Waals surface area contributed by atoms with E-state index < -0.39 is 17.1 Å². The first kappa shape index (κ1) is 28.1. The molecule has 5 aromatic rings. The van der Waals surface area contributed by atoms with Gasteiger partial charge in [0, 0.05) is 31.4 Å². The monoisotopic (exact) mass is 689 g/mol. The van der Waals surface area contributed by atoms with Gasteiger partial charge < -0.3 is 5.32 Å². The summed E-state index contributed by atoms with van der Waals surface area (Å²) >= 11 is 11.7. The van der Waals surface area contributed by atoms with E-state index in [1.807, 2.05) is 66.7 Å². The first-order valence-electron chi connectivity index (χ1n) is 13.4. The molecule has 0 bridgehead atoms. The maximum Gasteiger partial charge on any atom is 0.308 e. The van der Waals surface area contributed by atoms with Gasteiger partial charge in [-0.1, -0.05) is 99.2 Å². The van der Waals surface area contributed by atoms with Gasteiger partial charge in [0.2, 0.25) is 17.7 Å². The van der Waals surface area contributed by atoms with Crippen LogP contribution in [-0.2, 0) is 20.9 Å². The smallest absolute Gasteiger partial charge is 0.308 e. The van der Waals surface area contributed by atoms with Crippen molar-refractivity contribution in [3.05, 3.63) is 121 Å². The molecular weight excluding hydrogens is 670 g/mol. The van der Waals surface area contributed by atoms with Gasteiger partial charge >= 0.3 is 4.87 Å². The molecule has 1 N–H and O–H groups in total. The fraction of sp³-hybridized carbons (Fsp3) is 0.125. The molecule has 214 valence electrons. The van der Waals surface area contributed by atoms with Crippen molar-refractivity contribution in [2.45, 2.75) is 22.7 Å². The molecule has 0 saturated carbocycles. The van der Waals surface area contributed by atoms with Crippen molar-refractivity contribution in [3.8, 4) is 0 Å². The van der Waals surface area contributed by atoms with Gasteiger partial charge in [0.15, 0.2) is 0 Å². The Morgan fingerprint density at radius 3 is 2.37 bits per heavy atom.